The Morgan fingerprint density at radius 3 is 2.64 bits per heavy atom. The predicted molar refractivity (Wildman–Crippen MR) is 112 cm³/mol. The van der Waals surface area contributed by atoms with Crippen molar-refractivity contribution in [3.63, 3.8) is 0 Å². The zero-order valence-electron chi connectivity index (χ0n) is 14.0. The number of anilines is 1. The van der Waals surface area contributed by atoms with Crippen molar-refractivity contribution in [2.75, 3.05) is 5.32 Å². The Kier molecular flexibility index (Phi) is 6.93. The van der Waals surface area contributed by atoms with Crippen molar-refractivity contribution in [1.82, 2.24) is 14.8 Å². The molecule has 7 heteroatoms. The van der Waals surface area contributed by atoms with Crippen molar-refractivity contribution in [2.24, 2.45) is 10.7 Å². The van der Waals surface area contributed by atoms with Gasteiger partial charge >= 0.3 is 0 Å². The fourth-order valence-corrected chi connectivity index (χ4v) is 2.33. The first kappa shape index (κ1) is 18.9. The molecule has 0 bridgehead atoms. The second kappa shape index (κ2) is 9.16. The highest BCUT2D eigenvalue weighted by atomic mass is 127. The van der Waals surface area contributed by atoms with Crippen LogP contribution in [-0.4, -0.2) is 20.7 Å². The Balaban J connectivity index is 0.00000225. The summed E-state index contributed by atoms with van der Waals surface area (Å²) in [7, 11) is 0. The highest BCUT2D eigenvalue weighted by Gasteiger charge is 1.99. The van der Waals surface area contributed by atoms with Crippen molar-refractivity contribution in [2.45, 2.75) is 19.9 Å². The van der Waals surface area contributed by atoms with E-state index in [1.165, 1.54) is 11.9 Å². The largest absolute Gasteiger partial charge is 0.370 e. The van der Waals surface area contributed by atoms with Gasteiger partial charge in [-0.1, -0.05) is 31.2 Å². The number of aryl methyl sites for hydroxylation is 1. The number of aromatic nitrogens is 3. The molecule has 0 saturated carbocycles. The molecule has 0 amide bonds. The van der Waals surface area contributed by atoms with Crippen LogP contribution in [0.1, 0.15) is 18.1 Å². The lowest BCUT2D eigenvalue weighted by molar-refractivity contribution is 0.877. The van der Waals surface area contributed by atoms with E-state index in [-0.39, 0.29) is 24.0 Å². The third-order valence-electron chi connectivity index (χ3n) is 3.66. The van der Waals surface area contributed by atoms with Gasteiger partial charge in [0.15, 0.2) is 5.96 Å². The summed E-state index contributed by atoms with van der Waals surface area (Å²) in [4.78, 5) is 8.32. The fourth-order valence-electron chi connectivity index (χ4n) is 2.33. The number of nitrogens with two attached hydrogens (primary N) is 1. The van der Waals surface area contributed by atoms with Crippen molar-refractivity contribution >= 4 is 35.6 Å². The molecule has 0 aliphatic heterocycles. The molecule has 0 unspecified atom stereocenters. The Morgan fingerprint density at radius 2 is 1.96 bits per heavy atom. The average molecular weight is 448 g/mol. The van der Waals surface area contributed by atoms with E-state index in [9.17, 15) is 0 Å². The van der Waals surface area contributed by atoms with E-state index in [4.69, 9.17) is 5.73 Å². The summed E-state index contributed by atoms with van der Waals surface area (Å²) in [6.45, 7) is 2.64. The lowest BCUT2D eigenvalue weighted by Gasteiger charge is -2.07. The summed E-state index contributed by atoms with van der Waals surface area (Å²) < 4.78 is 1.71. The molecule has 3 rings (SSSR count). The molecule has 2 aromatic carbocycles. The lowest BCUT2D eigenvalue weighted by atomic mass is 10.1. The lowest BCUT2D eigenvalue weighted by Crippen LogP contribution is -2.22. The summed E-state index contributed by atoms with van der Waals surface area (Å²) in [5.74, 6) is 0.406. The second-order valence-electron chi connectivity index (χ2n) is 5.39. The molecule has 0 atom stereocenters. The highest BCUT2D eigenvalue weighted by Crippen LogP contribution is 2.11. The first-order chi connectivity index (χ1) is 11.7. The van der Waals surface area contributed by atoms with Crippen LogP contribution >= 0.6 is 24.0 Å². The third-order valence-corrected chi connectivity index (χ3v) is 3.66. The topological polar surface area (TPSA) is 81.1 Å². The average Bonchev–Trinajstić information content (AvgIpc) is 3.15. The van der Waals surface area contributed by atoms with Gasteiger partial charge < -0.3 is 11.1 Å². The number of aliphatic imine (C=N–C) groups is 1. The number of guanidine groups is 1. The number of nitrogens with one attached hydrogen (secondary N) is 1. The Labute approximate surface area is 164 Å². The SMILES string of the molecule is CCc1cccc(NC(N)=NCc2ccc(-n3cncn3)cc2)c1.I. The molecule has 3 N–H and O–H groups in total. The molecule has 0 saturated heterocycles. The number of benzene rings is 2. The van der Waals surface area contributed by atoms with Crippen LogP contribution in [0, 0.1) is 0 Å². The molecular formula is C18H21IN6. The number of halogens is 1. The first-order valence-electron chi connectivity index (χ1n) is 7.84. The van der Waals surface area contributed by atoms with Gasteiger partial charge in [-0.3, -0.25) is 0 Å². The molecule has 25 heavy (non-hydrogen) atoms. The second-order valence-corrected chi connectivity index (χ2v) is 5.39. The minimum absolute atomic E-state index is 0. The van der Waals surface area contributed by atoms with Crippen LogP contribution in [0.4, 0.5) is 5.69 Å². The van der Waals surface area contributed by atoms with Crippen LogP contribution in [0.3, 0.4) is 0 Å². The Hall–Kier alpha value is -2.42. The number of hydrogen-bond acceptors (Lipinski definition) is 3. The van der Waals surface area contributed by atoms with Gasteiger partial charge in [0, 0.05) is 5.69 Å². The van der Waals surface area contributed by atoms with Gasteiger partial charge in [-0.2, -0.15) is 5.10 Å². The van der Waals surface area contributed by atoms with Crippen LogP contribution in [0.2, 0.25) is 0 Å². The maximum atomic E-state index is 5.97. The quantitative estimate of drug-likeness (QED) is 0.356. The summed E-state index contributed by atoms with van der Waals surface area (Å²) in [6.07, 6.45) is 4.17. The molecular weight excluding hydrogens is 427 g/mol. The van der Waals surface area contributed by atoms with E-state index in [1.807, 2.05) is 36.4 Å². The van der Waals surface area contributed by atoms with Crippen molar-refractivity contribution < 1.29 is 0 Å². The van der Waals surface area contributed by atoms with Crippen LogP contribution in [0.25, 0.3) is 5.69 Å². The molecule has 1 heterocycles. The van der Waals surface area contributed by atoms with Gasteiger partial charge in [0.25, 0.3) is 0 Å². The minimum atomic E-state index is 0. The summed E-state index contributed by atoms with van der Waals surface area (Å²) in [6, 6.07) is 16.1. The van der Waals surface area contributed by atoms with Crippen molar-refractivity contribution in [1.29, 1.82) is 0 Å². The van der Waals surface area contributed by atoms with Crippen LogP contribution < -0.4 is 11.1 Å². The van der Waals surface area contributed by atoms with E-state index in [0.29, 0.717) is 12.5 Å². The molecule has 0 fully saturated rings. The predicted octanol–water partition coefficient (Wildman–Crippen LogP) is 3.37. The Morgan fingerprint density at radius 1 is 1.16 bits per heavy atom. The molecule has 1 aromatic heterocycles. The van der Waals surface area contributed by atoms with Gasteiger partial charge in [-0.05, 0) is 41.8 Å². The zero-order chi connectivity index (χ0) is 16.8. The van der Waals surface area contributed by atoms with Gasteiger partial charge in [-0.15, -0.1) is 24.0 Å². The number of nitrogens with zero attached hydrogens (tertiary/aromatic N) is 4. The molecule has 0 aliphatic carbocycles. The number of hydrogen-bond donors (Lipinski definition) is 2. The molecule has 0 spiro atoms. The normalized spacial score (nSPS) is 11.0. The van der Waals surface area contributed by atoms with Crippen molar-refractivity contribution in [3.8, 4) is 5.69 Å². The molecule has 130 valence electrons. The first-order valence-corrected chi connectivity index (χ1v) is 7.84. The van der Waals surface area contributed by atoms with E-state index in [0.717, 1.165) is 23.4 Å². The van der Waals surface area contributed by atoms with Crippen LogP contribution in [0.5, 0.6) is 0 Å². The third kappa shape index (κ3) is 5.28. The van der Waals surface area contributed by atoms with Gasteiger partial charge in [0.2, 0.25) is 0 Å². The summed E-state index contributed by atoms with van der Waals surface area (Å²) >= 11 is 0. The standard InChI is InChI=1S/C18H20N6.HI/c1-2-14-4-3-5-16(10-14)23-18(19)21-11-15-6-8-17(9-7-15)24-13-20-12-22-24;/h3-10,12-13H,2,11H2,1H3,(H3,19,21,23);1H. The monoisotopic (exact) mass is 448 g/mol. The highest BCUT2D eigenvalue weighted by molar-refractivity contribution is 14.0. The molecule has 0 radical (unpaired) electrons. The number of rotatable bonds is 5. The van der Waals surface area contributed by atoms with Crippen LogP contribution in [0.15, 0.2) is 66.2 Å². The fraction of sp³-hybridized carbons (Fsp3) is 0.167. The molecule has 0 aliphatic rings. The van der Waals surface area contributed by atoms with Gasteiger partial charge in [0.1, 0.15) is 12.7 Å². The minimum Gasteiger partial charge on any atom is -0.370 e. The molecule has 3 aromatic rings. The van der Waals surface area contributed by atoms with Crippen molar-refractivity contribution in [3.05, 3.63) is 72.3 Å². The maximum Gasteiger partial charge on any atom is 0.193 e. The summed E-state index contributed by atoms with van der Waals surface area (Å²) in [5, 5.41) is 7.23. The smallest absolute Gasteiger partial charge is 0.193 e. The molecule has 6 nitrogen and oxygen atoms in total. The van der Waals surface area contributed by atoms with E-state index < -0.39 is 0 Å². The van der Waals surface area contributed by atoms with E-state index in [1.54, 1.807) is 11.0 Å². The Bertz CT molecular complexity index is 812. The van der Waals surface area contributed by atoms with E-state index >= 15 is 0 Å². The maximum absolute atomic E-state index is 5.97. The zero-order valence-corrected chi connectivity index (χ0v) is 16.3. The van der Waals surface area contributed by atoms with Crippen LogP contribution in [-0.2, 0) is 13.0 Å². The van der Waals surface area contributed by atoms with Gasteiger partial charge in [0.05, 0.1) is 12.2 Å². The van der Waals surface area contributed by atoms with Gasteiger partial charge in [-0.25, -0.2) is 14.7 Å². The van der Waals surface area contributed by atoms with E-state index in [2.05, 4.69) is 39.4 Å². The summed E-state index contributed by atoms with van der Waals surface area (Å²) in [5.41, 5.74) is 10.2.